The topological polar surface area (TPSA) is 28.2 Å². The maximum Gasteiger partial charge on any atom is 0.128 e. The molecule has 1 aromatic heterocycles. The van der Waals surface area contributed by atoms with Gasteiger partial charge in [0.15, 0.2) is 0 Å². The van der Waals surface area contributed by atoms with E-state index in [0.29, 0.717) is 6.04 Å². The molecule has 2 unspecified atom stereocenters. The van der Waals surface area contributed by atoms with E-state index >= 15 is 0 Å². The average molecular weight is 247 g/mol. The van der Waals surface area contributed by atoms with Crippen molar-refractivity contribution in [2.45, 2.75) is 39.2 Å². The minimum atomic E-state index is 0.373. The van der Waals surface area contributed by atoms with Gasteiger partial charge in [-0.3, -0.25) is 0 Å². The molecule has 1 aromatic rings. The zero-order chi connectivity index (χ0) is 13.0. The highest BCUT2D eigenvalue weighted by molar-refractivity contribution is 5.41. The average Bonchev–Trinajstić information content (AvgIpc) is 2.87. The van der Waals surface area contributed by atoms with Gasteiger partial charge in [-0.15, -0.1) is 0 Å². The molecular weight excluding hydrogens is 222 g/mol. The highest BCUT2D eigenvalue weighted by Crippen LogP contribution is 2.25. The molecule has 0 bridgehead atoms. The van der Waals surface area contributed by atoms with E-state index < -0.39 is 0 Å². The van der Waals surface area contributed by atoms with Crippen molar-refractivity contribution in [3.8, 4) is 0 Å². The van der Waals surface area contributed by atoms with E-state index in [1.54, 1.807) is 0 Å². The first-order chi connectivity index (χ1) is 8.74. The SMILES string of the molecule is CCCC1CCN(c2ccc(C(C)NC)cn2)C1. The summed E-state index contributed by atoms with van der Waals surface area (Å²) in [7, 11) is 1.98. The van der Waals surface area contributed by atoms with Crippen LogP contribution in [0.15, 0.2) is 18.3 Å². The second kappa shape index (κ2) is 6.19. The van der Waals surface area contributed by atoms with Crippen LogP contribution in [0.5, 0.6) is 0 Å². The van der Waals surface area contributed by atoms with E-state index in [1.165, 1.54) is 37.9 Å². The standard InChI is InChI=1S/C15H25N3/c1-4-5-13-8-9-18(11-13)15-7-6-14(10-17-15)12(2)16-3/h6-7,10,12-13,16H,4-5,8-9,11H2,1-3H3. The second-order valence-electron chi connectivity index (χ2n) is 5.35. The van der Waals surface area contributed by atoms with Crippen LogP contribution in [0.4, 0.5) is 5.82 Å². The van der Waals surface area contributed by atoms with Gasteiger partial charge in [-0.05, 0) is 44.4 Å². The molecule has 1 saturated heterocycles. The van der Waals surface area contributed by atoms with Crippen LogP contribution in [-0.4, -0.2) is 25.1 Å². The largest absolute Gasteiger partial charge is 0.356 e. The Morgan fingerprint density at radius 2 is 2.33 bits per heavy atom. The third-order valence-electron chi connectivity index (χ3n) is 4.01. The van der Waals surface area contributed by atoms with Gasteiger partial charge < -0.3 is 10.2 Å². The maximum absolute atomic E-state index is 4.61. The molecule has 2 heterocycles. The lowest BCUT2D eigenvalue weighted by Crippen LogP contribution is -2.21. The molecule has 0 amide bonds. The Balaban J connectivity index is 1.98. The number of rotatable bonds is 5. The summed E-state index contributed by atoms with van der Waals surface area (Å²) in [6.07, 6.45) is 5.98. The summed E-state index contributed by atoms with van der Waals surface area (Å²) in [5.74, 6) is 2.01. The van der Waals surface area contributed by atoms with Gasteiger partial charge in [0, 0.05) is 25.3 Å². The number of anilines is 1. The Hall–Kier alpha value is -1.09. The van der Waals surface area contributed by atoms with Gasteiger partial charge in [-0.1, -0.05) is 19.4 Å². The predicted molar refractivity (Wildman–Crippen MR) is 76.9 cm³/mol. The van der Waals surface area contributed by atoms with Crippen molar-refractivity contribution in [1.82, 2.24) is 10.3 Å². The quantitative estimate of drug-likeness (QED) is 0.867. The van der Waals surface area contributed by atoms with E-state index in [4.69, 9.17) is 0 Å². The predicted octanol–water partition coefficient (Wildman–Crippen LogP) is 2.99. The molecule has 0 aromatic carbocycles. The van der Waals surface area contributed by atoms with Crippen molar-refractivity contribution in [3.05, 3.63) is 23.9 Å². The number of pyridine rings is 1. The molecule has 3 heteroatoms. The lowest BCUT2D eigenvalue weighted by molar-refractivity contribution is 0.529. The Bertz CT molecular complexity index is 361. The van der Waals surface area contributed by atoms with Crippen LogP contribution >= 0.6 is 0 Å². The van der Waals surface area contributed by atoms with Crippen molar-refractivity contribution in [2.75, 3.05) is 25.0 Å². The number of hydrogen-bond acceptors (Lipinski definition) is 3. The van der Waals surface area contributed by atoms with Gasteiger partial charge in [-0.25, -0.2) is 4.98 Å². The van der Waals surface area contributed by atoms with Crippen LogP contribution in [0.1, 0.15) is 44.7 Å². The van der Waals surface area contributed by atoms with Crippen molar-refractivity contribution in [3.63, 3.8) is 0 Å². The third kappa shape index (κ3) is 3.02. The van der Waals surface area contributed by atoms with Gasteiger partial charge in [0.2, 0.25) is 0 Å². The van der Waals surface area contributed by atoms with Crippen molar-refractivity contribution in [1.29, 1.82) is 0 Å². The van der Waals surface area contributed by atoms with E-state index in [1.807, 2.05) is 13.2 Å². The Labute approximate surface area is 111 Å². The molecule has 3 nitrogen and oxygen atoms in total. The lowest BCUT2D eigenvalue weighted by atomic mass is 10.0. The fourth-order valence-corrected chi connectivity index (χ4v) is 2.69. The molecular formula is C15H25N3. The summed E-state index contributed by atoms with van der Waals surface area (Å²) in [6.45, 7) is 6.78. The highest BCUT2D eigenvalue weighted by atomic mass is 15.2. The van der Waals surface area contributed by atoms with Gasteiger partial charge in [-0.2, -0.15) is 0 Å². The number of nitrogens with one attached hydrogen (secondary N) is 1. The highest BCUT2D eigenvalue weighted by Gasteiger charge is 2.22. The van der Waals surface area contributed by atoms with Crippen LogP contribution in [0.25, 0.3) is 0 Å². The van der Waals surface area contributed by atoms with Crippen molar-refractivity contribution < 1.29 is 0 Å². The van der Waals surface area contributed by atoms with E-state index in [2.05, 4.69) is 41.2 Å². The monoisotopic (exact) mass is 247 g/mol. The molecule has 0 radical (unpaired) electrons. The zero-order valence-corrected chi connectivity index (χ0v) is 11.8. The van der Waals surface area contributed by atoms with Gasteiger partial charge in [0.05, 0.1) is 0 Å². The molecule has 1 fully saturated rings. The Morgan fingerprint density at radius 3 is 2.94 bits per heavy atom. The zero-order valence-electron chi connectivity index (χ0n) is 11.8. The molecule has 18 heavy (non-hydrogen) atoms. The summed E-state index contributed by atoms with van der Waals surface area (Å²) in [5.41, 5.74) is 1.26. The number of aromatic nitrogens is 1. The van der Waals surface area contributed by atoms with Crippen LogP contribution in [0.2, 0.25) is 0 Å². The smallest absolute Gasteiger partial charge is 0.128 e. The van der Waals surface area contributed by atoms with E-state index in [-0.39, 0.29) is 0 Å². The summed E-state index contributed by atoms with van der Waals surface area (Å²) in [5, 5.41) is 3.24. The van der Waals surface area contributed by atoms with E-state index in [9.17, 15) is 0 Å². The molecule has 0 saturated carbocycles. The summed E-state index contributed by atoms with van der Waals surface area (Å²) < 4.78 is 0. The van der Waals surface area contributed by atoms with Gasteiger partial charge in [0.1, 0.15) is 5.82 Å². The van der Waals surface area contributed by atoms with Crippen LogP contribution < -0.4 is 10.2 Å². The lowest BCUT2D eigenvalue weighted by Gasteiger charge is -2.18. The van der Waals surface area contributed by atoms with Gasteiger partial charge in [0.25, 0.3) is 0 Å². The molecule has 1 aliphatic heterocycles. The molecule has 2 atom stereocenters. The Morgan fingerprint density at radius 1 is 1.50 bits per heavy atom. The number of hydrogen-bond donors (Lipinski definition) is 1. The second-order valence-corrected chi connectivity index (χ2v) is 5.35. The minimum Gasteiger partial charge on any atom is -0.356 e. The molecule has 1 aliphatic rings. The van der Waals surface area contributed by atoms with Crippen LogP contribution in [0.3, 0.4) is 0 Å². The fraction of sp³-hybridized carbons (Fsp3) is 0.667. The normalized spacial score (nSPS) is 21.3. The first-order valence-electron chi connectivity index (χ1n) is 7.12. The van der Waals surface area contributed by atoms with Crippen molar-refractivity contribution >= 4 is 5.82 Å². The van der Waals surface area contributed by atoms with Crippen LogP contribution in [-0.2, 0) is 0 Å². The molecule has 0 spiro atoms. The third-order valence-corrected chi connectivity index (χ3v) is 4.01. The first kappa shape index (κ1) is 13.3. The summed E-state index contributed by atoms with van der Waals surface area (Å²) in [6, 6.07) is 4.73. The fourth-order valence-electron chi connectivity index (χ4n) is 2.69. The number of nitrogens with zero attached hydrogens (tertiary/aromatic N) is 2. The molecule has 100 valence electrons. The first-order valence-corrected chi connectivity index (χ1v) is 7.12. The molecule has 1 N–H and O–H groups in total. The summed E-state index contributed by atoms with van der Waals surface area (Å²) in [4.78, 5) is 7.03. The Kier molecular flexibility index (Phi) is 4.59. The molecule has 0 aliphatic carbocycles. The molecule has 2 rings (SSSR count). The maximum atomic E-state index is 4.61. The van der Waals surface area contributed by atoms with E-state index in [0.717, 1.165) is 11.7 Å². The van der Waals surface area contributed by atoms with Crippen molar-refractivity contribution in [2.24, 2.45) is 5.92 Å². The summed E-state index contributed by atoms with van der Waals surface area (Å²) >= 11 is 0. The van der Waals surface area contributed by atoms with Gasteiger partial charge >= 0.3 is 0 Å². The van der Waals surface area contributed by atoms with Crippen LogP contribution in [0, 0.1) is 5.92 Å². The minimum absolute atomic E-state index is 0.373.